The number of hydrogen-bond acceptors (Lipinski definition) is 5. The molecule has 2 heterocycles. The zero-order valence-corrected chi connectivity index (χ0v) is 10.8. The van der Waals surface area contributed by atoms with Crippen LogP contribution < -0.4 is 0 Å². The number of rotatable bonds is 4. The van der Waals surface area contributed by atoms with E-state index in [4.69, 9.17) is 4.52 Å². The van der Waals surface area contributed by atoms with E-state index in [-0.39, 0.29) is 5.41 Å². The predicted octanol–water partition coefficient (Wildman–Crippen LogP) is 1.79. The SMILES string of the molecule is c1ccc(C2(c3nc(Cn4ccnn4)no3)CC2)cc1. The summed E-state index contributed by atoms with van der Waals surface area (Å²) in [7, 11) is 0. The number of hydrogen-bond donors (Lipinski definition) is 0. The topological polar surface area (TPSA) is 69.6 Å². The molecule has 3 aromatic rings. The molecule has 0 unspecified atom stereocenters. The number of aromatic nitrogens is 5. The Hall–Kier alpha value is -2.50. The Morgan fingerprint density at radius 3 is 2.75 bits per heavy atom. The average molecular weight is 267 g/mol. The Morgan fingerprint density at radius 2 is 2.05 bits per heavy atom. The maximum absolute atomic E-state index is 5.47. The van der Waals surface area contributed by atoms with E-state index in [1.807, 2.05) is 18.2 Å². The Balaban J connectivity index is 1.62. The van der Waals surface area contributed by atoms with Crippen molar-refractivity contribution in [2.75, 3.05) is 0 Å². The van der Waals surface area contributed by atoms with Gasteiger partial charge in [-0.1, -0.05) is 40.7 Å². The molecule has 0 amide bonds. The molecule has 4 rings (SSSR count). The van der Waals surface area contributed by atoms with Crippen LogP contribution in [0.5, 0.6) is 0 Å². The molecular formula is C14H13N5O. The average Bonchev–Trinajstić information content (AvgIpc) is 2.91. The van der Waals surface area contributed by atoms with Crippen LogP contribution in [0.1, 0.15) is 30.1 Å². The summed E-state index contributed by atoms with van der Waals surface area (Å²) < 4.78 is 7.15. The van der Waals surface area contributed by atoms with Gasteiger partial charge in [-0.3, -0.25) is 0 Å². The van der Waals surface area contributed by atoms with Crippen LogP contribution >= 0.6 is 0 Å². The highest BCUT2D eigenvalue weighted by molar-refractivity contribution is 5.37. The van der Waals surface area contributed by atoms with E-state index < -0.39 is 0 Å². The molecular weight excluding hydrogens is 254 g/mol. The van der Waals surface area contributed by atoms with Crippen LogP contribution in [0.15, 0.2) is 47.2 Å². The second kappa shape index (κ2) is 4.26. The lowest BCUT2D eigenvalue weighted by Crippen LogP contribution is -2.09. The highest BCUT2D eigenvalue weighted by atomic mass is 16.5. The lowest BCUT2D eigenvalue weighted by atomic mass is 9.96. The van der Waals surface area contributed by atoms with Gasteiger partial charge in [-0.25, -0.2) is 4.68 Å². The summed E-state index contributed by atoms with van der Waals surface area (Å²) in [5, 5.41) is 11.7. The van der Waals surface area contributed by atoms with Gasteiger partial charge in [0, 0.05) is 6.20 Å². The minimum Gasteiger partial charge on any atom is -0.338 e. The Morgan fingerprint density at radius 1 is 1.20 bits per heavy atom. The summed E-state index contributed by atoms with van der Waals surface area (Å²) >= 11 is 0. The molecule has 1 saturated carbocycles. The number of benzene rings is 1. The largest absolute Gasteiger partial charge is 0.338 e. The van der Waals surface area contributed by atoms with Crippen molar-refractivity contribution >= 4 is 0 Å². The lowest BCUT2D eigenvalue weighted by Gasteiger charge is -2.09. The molecule has 1 fully saturated rings. The van der Waals surface area contributed by atoms with Gasteiger partial charge in [0.1, 0.15) is 6.54 Å². The monoisotopic (exact) mass is 267 g/mol. The lowest BCUT2D eigenvalue weighted by molar-refractivity contribution is 0.354. The molecule has 0 spiro atoms. The van der Waals surface area contributed by atoms with Crippen molar-refractivity contribution in [1.29, 1.82) is 0 Å². The first kappa shape index (κ1) is 11.3. The molecule has 0 aliphatic heterocycles. The fourth-order valence-corrected chi connectivity index (χ4v) is 2.48. The second-order valence-electron chi connectivity index (χ2n) is 5.06. The highest BCUT2D eigenvalue weighted by Crippen LogP contribution is 2.52. The van der Waals surface area contributed by atoms with Gasteiger partial charge in [-0.15, -0.1) is 5.10 Å². The van der Waals surface area contributed by atoms with Crippen molar-refractivity contribution in [3.8, 4) is 0 Å². The third kappa shape index (κ3) is 1.80. The summed E-state index contributed by atoms with van der Waals surface area (Å²) in [5.74, 6) is 1.34. The predicted molar refractivity (Wildman–Crippen MR) is 69.9 cm³/mol. The summed E-state index contributed by atoms with van der Waals surface area (Å²) in [5.41, 5.74) is 1.17. The van der Waals surface area contributed by atoms with E-state index in [1.165, 1.54) is 5.56 Å². The Labute approximate surface area is 115 Å². The first-order valence-electron chi connectivity index (χ1n) is 6.59. The maximum atomic E-state index is 5.47. The van der Waals surface area contributed by atoms with E-state index in [0.29, 0.717) is 18.3 Å². The highest BCUT2D eigenvalue weighted by Gasteiger charge is 2.50. The summed E-state index contributed by atoms with van der Waals surface area (Å²) in [6.07, 6.45) is 5.53. The van der Waals surface area contributed by atoms with Gasteiger partial charge in [0.15, 0.2) is 5.82 Å². The molecule has 0 bridgehead atoms. The van der Waals surface area contributed by atoms with Gasteiger partial charge in [-0.05, 0) is 18.4 Å². The summed E-state index contributed by atoms with van der Waals surface area (Å²) in [6.45, 7) is 0.481. The maximum Gasteiger partial charge on any atom is 0.237 e. The van der Waals surface area contributed by atoms with Crippen LogP contribution in [0.2, 0.25) is 0 Å². The van der Waals surface area contributed by atoms with Crippen molar-refractivity contribution in [2.24, 2.45) is 0 Å². The molecule has 6 nitrogen and oxygen atoms in total. The van der Waals surface area contributed by atoms with Crippen LogP contribution in [-0.2, 0) is 12.0 Å². The second-order valence-corrected chi connectivity index (χ2v) is 5.06. The van der Waals surface area contributed by atoms with Gasteiger partial charge >= 0.3 is 0 Å². The standard InChI is InChI=1S/C14H13N5O/c1-2-4-11(5-3-1)14(6-7-14)13-16-12(17-20-13)10-19-9-8-15-18-19/h1-5,8-9H,6-7,10H2. The normalized spacial score (nSPS) is 16.2. The van der Waals surface area contributed by atoms with Gasteiger partial charge in [0.05, 0.1) is 11.6 Å². The van der Waals surface area contributed by atoms with Crippen molar-refractivity contribution in [3.63, 3.8) is 0 Å². The van der Waals surface area contributed by atoms with Gasteiger partial charge in [0.25, 0.3) is 0 Å². The van der Waals surface area contributed by atoms with E-state index >= 15 is 0 Å². The first-order chi connectivity index (χ1) is 9.87. The zero-order chi connectivity index (χ0) is 13.4. The van der Waals surface area contributed by atoms with Crippen molar-refractivity contribution in [1.82, 2.24) is 25.1 Å². The molecule has 20 heavy (non-hydrogen) atoms. The molecule has 0 radical (unpaired) electrons. The molecule has 2 aromatic heterocycles. The Kier molecular flexibility index (Phi) is 2.42. The molecule has 0 saturated heterocycles. The third-order valence-corrected chi connectivity index (χ3v) is 3.73. The molecule has 1 aliphatic rings. The smallest absolute Gasteiger partial charge is 0.237 e. The van der Waals surface area contributed by atoms with Crippen LogP contribution in [0, 0.1) is 0 Å². The summed E-state index contributed by atoms with van der Waals surface area (Å²) in [6, 6.07) is 10.3. The first-order valence-corrected chi connectivity index (χ1v) is 6.59. The minimum absolute atomic E-state index is 0.0745. The quantitative estimate of drug-likeness (QED) is 0.720. The van der Waals surface area contributed by atoms with E-state index in [9.17, 15) is 0 Å². The molecule has 6 heteroatoms. The molecule has 0 atom stereocenters. The van der Waals surface area contributed by atoms with Crippen molar-refractivity contribution < 1.29 is 4.52 Å². The summed E-state index contributed by atoms with van der Waals surface area (Å²) in [4.78, 5) is 4.53. The molecule has 0 N–H and O–H groups in total. The zero-order valence-electron chi connectivity index (χ0n) is 10.8. The van der Waals surface area contributed by atoms with Gasteiger partial charge in [-0.2, -0.15) is 4.98 Å². The van der Waals surface area contributed by atoms with Gasteiger partial charge < -0.3 is 4.52 Å². The molecule has 1 aromatic carbocycles. The third-order valence-electron chi connectivity index (χ3n) is 3.73. The van der Waals surface area contributed by atoms with Crippen molar-refractivity contribution in [2.45, 2.75) is 24.8 Å². The molecule has 1 aliphatic carbocycles. The van der Waals surface area contributed by atoms with Crippen LogP contribution in [-0.4, -0.2) is 25.1 Å². The van der Waals surface area contributed by atoms with E-state index in [1.54, 1.807) is 17.1 Å². The van der Waals surface area contributed by atoms with Gasteiger partial charge in [0.2, 0.25) is 5.89 Å². The van der Waals surface area contributed by atoms with Crippen LogP contribution in [0.3, 0.4) is 0 Å². The minimum atomic E-state index is -0.0745. The fourth-order valence-electron chi connectivity index (χ4n) is 2.48. The Bertz CT molecular complexity index is 700. The van der Waals surface area contributed by atoms with E-state index in [0.717, 1.165) is 12.8 Å². The van der Waals surface area contributed by atoms with E-state index in [2.05, 4.69) is 32.6 Å². The van der Waals surface area contributed by atoms with Crippen LogP contribution in [0.4, 0.5) is 0 Å². The fraction of sp³-hybridized carbons (Fsp3) is 0.286. The molecule has 100 valence electrons. The van der Waals surface area contributed by atoms with Crippen molar-refractivity contribution in [3.05, 3.63) is 60.0 Å². The van der Waals surface area contributed by atoms with Crippen LogP contribution in [0.25, 0.3) is 0 Å². The number of nitrogens with zero attached hydrogens (tertiary/aromatic N) is 5.